The van der Waals surface area contributed by atoms with E-state index in [0.29, 0.717) is 18.6 Å². The van der Waals surface area contributed by atoms with Gasteiger partial charge in [-0.1, -0.05) is 18.2 Å². The van der Waals surface area contributed by atoms with Crippen LogP contribution in [0.25, 0.3) is 5.69 Å². The van der Waals surface area contributed by atoms with E-state index in [9.17, 15) is 0 Å². The maximum Gasteiger partial charge on any atom is 0.191 e. The van der Waals surface area contributed by atoms with Crippen molar-refractivity contribution in [1.82, 2.24) is 30.2 Å². The quantitative estimate of drug-likeness (QED) is 0.308. The SMILES string of the molecule is CN=C(NCc1ccn(-c2ccccc2)n1)NC1CCc2cn(C(C)C)nc2C1.I. The summed E-state index contributed by atoms with van der Waals surface area (Å²) in [6.45, 7) is 4.96. The van der Waals surface area contributed by atoms with Crippen molar-refractivity contribution in [2.75, 3.05) is 7.05 Å². The summed E-state index contributed by atoms with van der Waals surface area (Å²) in [6.07, 6.45) is 7.25. The number of hydrogen-bond acceptors (Lipinski definition) is 3. The molecular weight excluding hydrogens is 489 g/mol. The summed E-state index contributed by atoms with van der Waals surface area (Å²) in [5.74, 6) is 0.802. The molecule has 7 nitrogen and oxygen atoms in total. The average molecular weight is 519 g/mol. The molecule has 0 spiro atoms. The number of nitrogens with one attached hydrogen (secondary N) is 2. The van der Waals surface area contributed by atoms with E-state index in [1.165, 1.54) is 11.3 Å². The predicted molar refractivity (Wildman–Crippen MR) is 131 cm³/mol. The number of para-hydroxylation sites is 1. The lowest BCUT2D eigenvalue weighted by Crippen LogP contribution is -2.45. The van der Waals surface area contributed by atoms with Crippen LogP contribution in [-0.4, -0.2) is 38.6 Å². The van der Waals surface area contributed by atoms with E-state index < -0.39 is 0 Å². The van der Waals surface area contributed by atoms with Gasteiger partial charge < -0.3 is 10.6 Å². The molecular formula is C22H30IN7. The van der Waals surface area contributed by atoms with Gasteiger partial charge in [-0.05, 0) is 50.5 Å². The van der Waals surface area contributed by atoms with Gasteiger partial charge >= 0.3 is 0 Å². The number of aryl methyl sites for hydroxylation is 1. The Morgan fingerprint density at radius 3 is 2.73 bits per heavy atom. The first-order valence-electron chi connectivity index (χ1n) is 10.3. The molecule has 0 saturated heterocycles. The molecule has 0 fully saturated rings. The zero-order valence-electron chi connectivity index (χ0n) is 17.7. The van der Waals surface area contributed by atoms with Gasteiger partial charge in [0.15, 0.2) is 5.96 Å². The van der Waals surface area contributed by atoms with E-state index in [2.05, 4.69) is 45.5 Å². The highest BCUT2D eigenvalue weighted by Gasteiger charge is 2.23. The lowest BCUT2D eigenvalue weighted by Gasteiger charge is -2.24. The molecule has 0 amide bonds. The van der Waals surface area contributed by atoms with Crippen LogP contribution in [0.4, 0.5) is 0 Å². The van der Waals surface area contributed by atoms with Crippen molar-refractivity contribution in [3.8, 4) is 5.69 Å². The molecule has 2 heterocycles. The Balaban J connectivity index is 0.00000256. The lowest BCUT2D eigenvalue weighted by atomic mass is 9.94. The number of hydrogen-bond donors (Lipinski definition) is 2. The van der Waals surface area contributed by atoms with Crippen LogP contribution in [0.5, 0.6) is 0 Å². The Labute approximate surface area is 195 Å². The van der Waals surface area contributed by atoms with Crippen LogP contribution in [-0.2, 0) is 19.4 Å². The minimum atomic E-state index is 0. The van der Waals surface area contributed by atoms with Gasteiger partial charge in [0.1, 0.15) is 0 Å². The minimum Gasteiger partial charge on any atom is -0.353 e. The van der Waals surface area contributed by atoms with E-state index in [4.69, 9.17) is 5.10 Å². The van der Waals surface area contributed by atoms with E-state index in [-0.39, 0.29) is 24.0 Å². The third-order valence-electron chi connectivity index (χ3n) is 5.29. The molecule has 160 valence electrons. The monoisotopic (exact) mass is 519 g/mol. The average Bonchev–Trinajstić information content (AvgIpc) is 3.38. The van der Waals surface area contributed by atoms with Gasteiger partial charge in [0.25, 0.3) is 0 Å². The first kappa shape index (κ1) is 22.3. The predicted octanol–water partition coefficient (Wildman–Crippen LogP) is 3.49. The number of halogens is 1. The zero-order chi connectivity index (χ0) is 20.2. The van der Waals surface area contributed by atoms with E-state index in [1.54, 1.807) is 7.05 Å². The second-order valence-electron chi connectivity index (χ2n) is 7.77. The maximum atomic E-state index is 4.76. The molecule has 3 aromatic rings. The second-order valence-corrected chi connectivity index (χ2v) is 7.77. The molecule has 1 unspecified atom stereocenters. The van der Waals surface area contributed by atoms with Crippen molar-refractivity contribution in [1.29, 1.82) is 0 Å². The molecule has 1 atom stereocenters. The molecule has 2 aromatic heterocycles. The number of fused-ring (bicyclic) bond motifs is 1. The van der Waals surface area contributed by atoms with Crippen LogP contribution < -0.4 is 10.6 Å². The molecule has 4 rings (SSSR count). The van der Waals surface area contributed by atoms with Crippen LogP contribution in [0.15, 0.2) is 53.8 Å². The number of aliphatic imine (C=N–C) groups is 1. The van der Waals surface area contributed by atoms with Gasteiger partial charge in [-0.2, -0.15) is 10.2 Å². The van der Waals surface area contributed by atoms with Crippen molar-refractivity contribution < 1.29 is 0 Å². The molecule has 1 aliphatic rings. The van der Waals surface area contributed by atoms with Gasteiger partial charge in [-0.3, -0.25) is 9.67 Å². The first-order chi connectivity index (χ1) is 14.1. The summed E-state index contributed by atoms with van der Waals surface area (Å²) in [6, 6.07) is 12.9. The third-order valence-corrected chi connectivity index (χ3v) is 5.29. The Hall–Kier alpha value is -2.36. The van der Waals surface area contributed by atoms with Gasteiger partial charge in [0.2, 0.25) is 0 Å². The first-order valence-corrected chi connectivity index (χ1v) is 10.3. The fraction of sp³-hybridized carbons (Fsp3) is 0.409. The summed E-state index contributed by atoms with van der Waals surface area (Å²) in [7, 11) is 1.81. The van der Waals surface area contributed by atoms with Crippen LogP contribution in [0.3, 0.4) is 0 Å². The molecule has 2 N–H and O–H groups in total. The standard InChI is InChI=1S/C22H29N7.HI/c1-16(2)29-15-17-9-10-18(13-21(17)27-29)25-22(23-3)24-14-19-11-12-28(26-19)20-7-5-4-6-8-20;/h4-8,11-12,15-16,18H,9-10,13-14H2,1-3H3,(H2,23,24,25);1H. The normalized spacial score (nSPS) is 16.1. The molecule has 8 heteroatoms. The van der Waals surface area contributed by atoms with Gasteiger partial charge in [-0.25, -0.2) is 4.68 Å². The number of nitrogens with zero attached hydrogens (tertiary/aromatic N) is 5. The summed E-state index contributed by atoms with van der Waals surface area (Å²) >= 11 is 0. The molecule has 1 aromatic carbocycles. The minimum absolute atomic E-state index is 0. The molecule has 0 radical (unpaired) electrons. The highest BCUT2D eigenvalue weighted by Crippen LogP contribution is 2.21. The van der Waals surface area contributed by atoms with Crippen LogP contribution in [0.2, 0.25) is 0 Å². The fourth-order valence-corrected chi connectivity index (χ4v) is 3.64. The smallest absolute Gasteiger partial charge is 0.191 e. The number of benzene rings is 1. The van der Waals surface area contributed by atoms with Crippen molar-refractivity contribution >= 4 is 29.9 Å². The van der Waals surface area contributed by atoms with Crippen molar-refractivity contribution in [3.05, 3.63) is 65.7 Å². The molecule has 0 saturated carbocycles. The van der Waals surface area contributed by atoms with Crippen LogP contribution in [0, 0.1) is 0 Å². The Bertz CT molecular complexity index is 975. The Morgan fingerprint density at radius 1 is 1.20 bits per heavy atom. The van der Waals surface area contributed by atoms with E-state index in [0.717, 1.165) is 36.6 Å². The fourth-order valence-electron chi connectivity index (χ4n) is 3.64. The summed E-state index contributed by atoms with van der Waals surface area (Å²) < 4.78 is 3.96. The number of rotatable bonds is 5. The Kier molecular flexibility index (Phi) is 7.52. The van der Waals surface area contributed by atoms with Crippen LogP contribution in [0.1, 0.15) is 43.3 Å². The largest absolute Gasteiger partial charge is 0.353 e. The third kappa shape index (κ3) is 5.21. The van der Waals surface area contributed by atoms with Gasteiger partial charge in [0, 0.05) is 37.9 Å². The van der Waals surface area contributed by atoms with Crippen molar-refractivity contribution in [3.63, 3.8) is 0 Å². The summed E-state index contributed by atoms with van der Waals surface area (Å²) in [4.78, 5) is 4.39. The summed E-state index contributed by atoms with van der Waals surface area (Å²) in [5.41, 5.74) is 4.61. The highest BCUT2D eigenvalue weighted by molar-refractivity contribution is 14.0. The van der Waals surface area contributed by atoms with Gasteiger partial charge in [0.05, 0.1) is 23.6 Å². The summed E-state index contributed by atoms with van der Waals surface area (Å²) in [5, 5.41) is 16.3. The molecule has 0 aliphatic heterocycles. The van der Waals surface area contributed by atoms with Crippen LogP contribution >= 0.6 is 24.0 Å². The van der Waals surface area contributed by atoms with E-state index >= 15 is 0 Å². The molecule has 1 aliphatic carbocycles. The maximum absolute atomic E-state index is 4.76. The van der Waals surface area contributed by atoms with E-state index in [1.807, 2.05) is 47.3 Å². The zero-order valence-corrected chi connectivity index (χ0v) is 20.1. The topological polar surface area (TPSA) is 72.1 Å². The van der Waals surface area contributed by atoms with Crippen molar-refractivity contribution in [2.45, 2.75) is 51.7 Å². The van der Waals surface area contributed by atoms with Crippen molar-refractivity contribution in [2.24, 2.45) is 4.99 Å². The highest BCUT2D eigenvalue weighted by atomic mass is 127. The molecule has 0 bridgehead atoms. The number of aromatic nitrogens is 4. The number of guanidine groups is 1. The lowest BCUT2D eigenvalue weighted by molar-refractivity contribution is 0.499. The molecule has 30 heavy (non-hydrogen) atoms. The van der Waals surface area contributed by atoms with Gasteiger partial charge in [-0.15, -0.1) is 24.0 Å². The second kappa shape index (κ2) is 10.1. The Morgan fingerprint density at radius 2 is 2.00 bits per heavy atom.